The smallest absolute Gasteiger partial charge is 0.246 e. The van der Waals surface area contributed by atoms with Gasteiger partial charge >= 0.3 is 0 Å². The van der Waals surface area contributed by atoms with Gasteiger partial charge in [-0.2, -0.15) is 0 Å². The Morgan fingerprint density at radius 3 is 2.17 bits per heavy atom. The maximum Gasteiger partial charge on any atom is 0.246 e. The summed E-state index contributed by atoms with van der Waals surface area (Å²) in [4.78, 5) is 23.7. The van der Waals surface area contributed by atoms with Gasteiger partial charge in [-0.05, 0) is 55.1 Å². The normalized spacial score (nSPS) is 15.0. The number of hydrogen-bond acceptors (Lipinski definition) is 4. The van der Waals surface area contributed by atoms with Crippen molar-refractivity contribution in [3.63, 3.8) is 0 Å². The van der Waals surface area contributed by atoms with E-state index < -0.39 is 0 Å². The van der Waals surface area contributed by atoms with Crippen molar-refractivity contribution >= 4 is 12.0 Å². The quantitative estimate of drug-likeness (QED) is 0.300. The first kappa shape index (κ1) is 25.8. The molecule has 0 bridgehead atoms. The van der Waals surface area contributed by atoms with Crippen LogP contribution >= 0.6 is 0 Å². The Morgan fingerprint density at radius 1 is 0.917 bits per heavy atom. The number of piperazine rings is 1. The second kappa shape index (κ2) is 13.1. The van der Waals surface area contributed by atoms with Crippen LogP contribution in [0.2, 0.25) is 0 Å². The second-order valence-corrected chi connectivity index (χ2v) is 9.58. The van der Waals surface area contributed by atoms with E-state index in [1.807, 2.05) is 37.1 Å². The molecule has 3 aromatic rings. The van der Waals surface area contributed by atoms with Gasteiger partial charge in [0.05, 0.1) is 6.04 Å². The van der Waals surface area contributed by atoms with Gasteiger partial charge in [-0.25, -0.2) is 0 Å². The number of carbonyl (C=O) groups is 1. The number of hydrogen-bond donors (Lipinski definition) is 0. The first-order valence-electron chi connectivity index (χ1n) is 13.0. The topological polar surface area (TPSA) is 39.7 Å². The lowest BCUT2D eigenvalue weighted by molar-refractivity contribution is -0.124. The summed E-state index contributed by atoms with van der Waals surface area (Å²) in [5.74, 6) is 0.0414. The summed E-state index contributed by atoms with van der Waals surface area (Å²) >= 11 is 0. The Morgan fingerprint density at radius 2 is 1.56 bits per heavy atom. The van der Waals surface area contributed by atoms with Gasteiger partial charge in [0.25, 0.3) is 0 Å². The van der Waals surface area contributed by atoms with Crippen LogP contribution in [0.3, 0.4) is 0 Å². The van der Waals surface area contributed by atoms with Crippen LogP contribution in [0.4, 0.5) is 0 Å². The van der Waals surface area contributed by atoms with Gasteiger partial charge in [0.1, 0.15) is 0 Å². The predicted octanol–water partition coefficient (Wildman–Crippen LogP) is 5.05. The third-order valence-electron chi connectivity index (χ3n) is 7.05. The summed E-state index contributed by atoms with van der Waals surface area (Å²) < 4.78 is 0. The van der Waals surface area contributed by atoms with Crippen LogP contribution in [-0.2, 0) is 4.79 Å². The molecular weight excluding hydrogens is 444 g/mol. The third kappa shape index (κ3) is 7.12. The van der Waals surface area contributed by atoms with Crippen molar-refractivity contribution in [1.29, 1.82) is 0 Å². The minimum absolute atomic E-state index is 0.0414. The molecule has 0 aliphatic carbocycles. The number of likely N-dealkylation sites (N-methyl/N-ethyl adjacent to an activating group) is 1. The van der Waals surface area contributed by atoms with E-state index in [0.29, 0.717) is 6.04 Å². The molecule has 0 atom stereocenters. The first-order chi connectivity index (χ1) is 17.6. The van der Waals surface area contributed by atoms with Crippen LogP contribution in [0.1, 0.15) is 41.3 Å². The highest BCUT2D eigenvalue weighted by Gasteiger charge is 2.26. The Bertz CT molecular complexity index is 1070. The molecule has 1 aliphatic rings. The van der Waals surface area contributed by atoms with Crippen molar-refractivity contribution in [3.8, 4) is 0 Å². The van der Waals surface area contributed by atoms with Gasteiger partial charge in [-0.1, -0.05) is 66.7 Å². The molecule has 1 amide bonds. The molecule has 1 aromatic heterocycles. The van der Waals surface area contributed by atoms with Crippen molar-refractivity contribution in [2.75, 3.05) is 46.3 Å². The summed E-state index contributed by atoms with van der Waals surface area (Å²) in [7, 11) is 1.88. The van der Waals surface area contributed by atoms with Gasteiger partial charge in [-0.3, -0.25) is 14.7 Å². The summed E-state index contributed by atoms with van der Waals surface area (Å²) in [5, 5.41) is 0. The molecule has 1 aliphatic heterocycles. The lowest BCUT2D eigenvalue weighted by Gasteiger charge is -2.40. The van der Waals surface area contributed by atoms with E-state index in [9.17, 15) is 4.79 Å². The number of amides is 1. The second-order valence-electron chi connectivity index (χ2n) is 9.58. The Kier molecular flexibility index (Phi) is 9.42. The number of carbonyl (C=O) groups excluding carboxylic acids is 1. The number of nitrogens with zero attached hydrogens (tertiary/aromatic N) is 4. The van der Waals surface area contributed by atoms with Crippen molar-refractivity contribution in [3.05, 3.63) is 107 Å². The van der Waals surface area contributed by atoms with Gasteiger partial charge < -0.3 is 9.80 Å². The molecule has 5 heteroatoms. The van der Waals surface area contributed by atoms with E-state index in [2.05, 4.69) is 75.4 Å². The number of aromatic nitrogens is 1. The Balaban J connectivity index is 1.21. The zero-order valence-corrected chi connectivity index (χ0v) is 21.6. The van der Waals surface area contributed by atoms with Crippen molar-refractivity contribution in [2.24, 2.45) is 0 Å². The van der Waals surface area contributed by atoms with Crippen molar-refractivity contribution < 1.29 is 4.79 Å². The molecule has 0 saturated carbocycles. The highest BCUT2D eigenvalue weighted by molar-refractivity contribution is 5.91. The van der Waals surface area contributed by atoms with Crippen LogP contribution in [-0.4, -0.2) is 71.9 Å². The van der Waals surface area contributed by atoms with E-state index in [1.165, 1.54) is 11.1 Å². The molecule has 1 fully saturated rings. The SMILES string of the molecule is Cc1ncccc1/C=C/C(=O)N(C)CCCCN1CCN(C(c2ccccc2)c2ccccc2)CC1. The van der Waals surface area contributed by atoms with Gasteiger partial charge in [-0.15, -0.1) is 0 Å². The maximum atomic E-state index is 12.5. The molecule has 1 saturated heterocycles. The van der Waals surface area contributed by atoms with E-state index in [0.717, 1.165) is 63.4 Å². The zero-order valence-electron chi connectivity index (χ0n) is 21.6. The van der Waals surface area contributed by atoms with Crippen LogP contribution in [0.25, 0.3) is 6.08 Å². The fraction of sp³-hybridized carbons (Fsp3) is 0.355. The van der Waals surface area contributed by atoms with Crippen molar-refractivity contribution in [2.45, 2.75) is 25.8 Å². The standard InChI is InChI=1S/C31H38N4O/c1-26-27(16-11-19-32-26)17-18-30(36)33(2)20-9-10-21-34-22-24-35(25-23-34)31(28-12-5-3-6-13-28)29-14-7-4-8-15-29/h3-8,11-19,31H,9-10,20-25H2,1-2H3/b18-17+. The van der Waals surface area contributed by atoms with Gasteiger partial charge in [0.2, 0.25) is 5.91 Å². The highest BCUT2D eigenvalue weighted by atomic mass is 16.2. The lowest BCUT2D eigenvalue weighted by atomic mass is 9.96. The van der Waals surface area contributed by atoms with E-state index >= 15 is 0 Å². The number of aryl methyl sites for hydroxylation is 1. The Hall–Kier alpha value is -3.28. The van der Waals surface area contributed by atoms with E-state index in [4.69, 9.17) is 0 Å². The maximum absolute atomic E-state index is 12.5. The highest BCUT2D eigenvalue weighted by Crippen LogP contribution is 2.29. The fourth-order valence-corrected chi connectivity index (χ4v) is 4.89. The molecule has 36 heavy (non-hydrogen) atoms. The number of rotatable bonds is 10. The zero-order chi connectivity index (χ0) is 25.2. The third-order valence-corrected chi connectivity index (χ3v) is 7.05. The van der Waals surface area contributed by atoms with Crippen molar-refractivity contribution in [1.82, 2.24) is 19.7 Å². The average Bonchev–Trinajstić information content (AvgIpc) is 2.92. The van der Waals surface area contributed by atoms with Crippen LogP contribution in [0.15, 0.2) is 85.1 Å². The molecule has 0 N–H and O–H groups in total. The summed E-state index contributed by atoms with van der Waals surface area (Å²) in [6.07, 6.45) is 7.39. The monoisotopic (exact) mass is 482 g/mol. The van der Waals surface area contributed by atoms with Crippen LogP contribution < -0.4 is 0 Å². The summed E-state index contributed by atoms with van der Waals surface area (Å²) in [5.41, 5.74) is 4.64. The fourth-order valence-electron chi connectivity index (χ4n) is 4.89. The average molecular weight is 483 g/mol. The van der Waals surface area contributed by atoms with Crippen LogP contribution in [0, 0.1) is 6.92 Å². The molecule has 0 unspecified atom stereocenters. The first-order valence-corrected chi connectivity index (χ1v) is 13.0. The van der Waals surface area contributed by atoms with Crippen LogP contribution in [0.5, 0.6) is 0 Å². The van der Waals surface area contributed by atoms with Gasteiger partial charge in [0.15, 0.2) is 0 Å². The molecule has 188 valence electrons. The number of unbranched alkanes of at least 4 members (excludes halogenated alkanes) is 1. The van der Waals surface area contributed by atoms with E-state index in [-0.39, 0.29) is 5.91 Å². The molecule has 5 nitrogen and oxygen atoms in total. The number of benzene rings is 2. The summed E-state index contributed by atoms with van der Waals surface area (Å²) in [6.45, 7) is 8.10. The molecule has 0 radical (unpaired) electrons. The largest absolute Gasteiger partial charge is 0.342 e. The molecule has 0 spiro atoms. The van der Waals surface area contributed by atoms with Gasteiger partial charge in [0, 0.05) is 57.7 Å². The predicted molar refractivity (Wildman–Crippen MR) is 148 cm³/mol. The minimum Gasteiger partial charge on any atom is -0.342 e. The minimum atomic E-state index is 0.0414. The molecule has 2 heterocycles. The summed E-state index contributed by atoms with van der Waals surface area (Å²) in [6, 6.07) is 25.9. The molecule has 2 aromatic carbocycles. The lowest BCUT2D eigenvalue weighted by Crippen LogP contribution is -2.48. The Labute approximate surface area is 216 Å². The van der Waals surface area contributed by atoms with E-state index in [1.54, 1.807) is 12.3 Å². The molecule has 4 rings (SSSR count). The number of pyridine rings is 1. The molecular formula is C31H38N4O.